The number of hydrogen-bond acceptors (Lipinski definition) is 3. The summed E-state index contributed by atoms with van der Waals surface area (Å²) < 4.78 is 1.93. The van der Waals surface area contributed by atoms with Crippen molar-refractivity contribution in [1.29, 1.82) is 5.26 Å². The molecule has 5 nitrogen and oxygen atoms in total. The summed E-state index contributed by atoms with van der Waals surface area (Å²) in [6.07, 6.45) is 0.327. The molecule has 1 aromatic carbocycles. The summed E-state index contributed by atoms with van der Waals surface area (Å²) in [5, 5.41) is 13.2. The highest BCUT2D eigenvalue weighted by Crippen LogP contribution is 2.13. The van der Waals surface area contributed by atoms with E-state index in [1.165, 1.54) is 0 Å². The van der Waals surface area contributed by atoms with Crippen molar-refractivity contribution in [1.82, 2.24) is 14.7 Å². The Morgan fingerprint density at radius 1 is 1.39 bits per heavy atom. The van der Waals surface area contributed by atoms with E-state index in [9.17, 15) is 4.79 Å². The number of carbonyl (C=O) groups excluding carboxylic acids is 1. The normalized spacial score (nSPS) is 11.8. The molecular formula is C18H22N4O. The molecule has 2 rings (SSSR count). The van der Waals surface area contributed by atoms with E-state index in [0.717, 1.165) is 17.0 Å². The second-order valence-electron chi connectivity index (χ2n) is 5.91. The molecule has 23 heavy (non-hydrogen) atoms. The van der Waals surface area contributed by atoms with Gasteiger partial charge in [-0.25, -0.2) is 0 Å². The highest BCUT2D eigenvalue weighted by atomic mass is 16.2. The molecule has 0 radical (unpaired) electrons. The maximum atomic E-state index is 12.5. The molecule has 2 aromatic rings. The molecule has 1 aromatic heterocycles. The molecule has 0 saturated carbocycles. The number of benzene rings is 1. The van der Waals surface area contributed by atoms with Gasteiger partial charge < -0.3 is 4.90 Å². The van der Waals surface area contributed by atoms with Gasteiger partial charge in [-0.2, -0.15) is 10.4 Å². The molecule has 0 spiro atoms. The van der Waals surface area contributed by atoms with Gasteiger partial charge in [0, 0.05) is 24.3 Å². The lowest BCUT2D eigenvalue weighted by atomic mass is 10.1. The Morgan fingerprint density at radius 2 is 2.13 bits per heavy atom. The first kappa shape index (κ1) is 16.8. The van der Waals surface area contributed by atoms with Gasteiger partial charge in [0.05, 0.1) is 24.7 Å². The molecule has 0 bridgehead atoms. The van der Waals surface area contributed by atoms with Crippen molar-refractivity contribution in [3.8, 4) is 6.07 Å². The Kier molecular flexibility index (Phi) is 5.17. The molecule has 1 unspecified atom stereocenters. The van der Waals surface area contributed by atoms with Gasteiger partial charge in [-0.05, 0) is 44.5 Å². The van der Waals surface area contributed by atoms with Crippen LogP contribution in [0.15, 0.2) is 30.3 Å². The van der Waals surface area contributed by atoms with Gasteiger partial charge in [0.1, 0.15) is 0 Å². The summed E-state index contributed by atoms with van der Waals surface area (Å²) in [5.41, 5.74) is 3.75. The van der Waals surface area contributed by atoms with Crippen molar-refractivity contribution < 1.29 is 4.79 Å². The number of amides is 1. The van der Waals surface area contributed by atoms with Crippen LogP contribution in [0, 0.1) is 25.2 Å². The predicted molar refractivity (Wildman–Crippen MR) is 89.0 cm³/mol. The zero-order valence-electron chi connectivity index (χ0n) is 14.1. The average molecular weight is 310 g/mol. The topological polar surface area (TPSA) is 61.9 Å². The minimum Gasteiger partial charge on any atom is -0.338 e. The van der Waals surface area contributed by atoms with Crippen LogP contribution in [-0.2, 0) is 6.54 Å². The summed E-state index contributed by atoms with van der Waals surface area (Å²) in [6.45, 7) is 6.50. The van der Waals surface area contributed by atoms with Crippen LogP contribution in [0.3, 0.4) is 0 Å². The second-order valence-corrected chi connectivity index (χ2v) is 5.91. The molecule has 0 N–H and O–H groups in total. The van der Waals surface area contributed by atoms with Gasteiger partial charge in [0.25, 0.3) is 5.91 Å². The van der Waals surface area contributed by atoms with Crippen molar-refractivity contribution >= 4 is 5.91 Å². The van der Waals surface area contributed by atoms with Crippen molar-refractivity contribution in [2.75, 3.05) is 7.05 Å². The molecular weight excluding hydrogens is 288 g/mol. The van der Waals surface area contributed by atoms with E-state index >= 15 is 0 Å². The highest BCUT2D eigenvalue weighted by molar-refractivity contribution is 5.94. The number of hydrogen-bond donors (Lipinski definition) is 0. The Bertz CT molecular complexity index is 742. The molecule has 0 saturated heterocycles. The third-order valence-electron chi connectivity index (χ3n) is 3.98. The van der Waals surface area contributed by atoms with E-state index in [4.69, 9.17) is 5.26 Å². The standard InChI is InChI=1S/C18H22N4O/c1-13-10-15(3)22(20-13)12-16-6-5-7-17(11-16)18(23)21(4)14(2)8-9-19/h5-7,10-11,14H,8,12H2,1-4H3. The SMILES string of the molecule is Cc1cc(C)n(Cc2cccc(C(=O)N(C)C(C)CC#N)c2)n1. The zero-order valence-corrected chi connectivity index (χ0v) is 14.1. The fraction of sp³-hybridized carbons (Fsp3) is 0.389. The van der Waals surface area contributed by atoms with E-state index in [-0.39, 0.29) is 11.9 Å². The monoisotopic (exact) mass is 310 g/mol. The van der Waals surface area contributed by atoms with Crippen LogP contribution in [0.25, 0.3) is 0 Å². The summed E-state index contributed by atoms with van der Waals surface area (Å²) >= 11 is 0. The van der Waals surface area contributed by atoms with Gasteiger partial charge in [0.15, 0.2) is 0 Å². The smallest absolute Gasteiger partial charge is 0.253 e. The summed E-state index contributed by atoms with van der Waals surface area (Å²) in [4.78, 5) is 14.1. The van der Waals surface area contributed by atoms with E-state index < -0.39 is 0 Å². The van der Waals surface area contributed by atoms with Crippen LogP contribution >= 0.6 is 0 Å². The van der Waals surface area contributed by atoms with Gasteiger partial charge in [-0.3, -0.25) is 9.48 Å². The van der Waals surface area contributed by atoms with Crippen LogP contribution in [0.5, 0.6) is 0 Å². The minimum absolute atomic E-state index is 0.0667. The molecule has 1 heterocycles. The summed E-state index contributed by atoms with van der Waals surface area (Å²) in [6, 6.07) is 11.6. The largest absolute Gasteiger partial charge is 0.338 e. The van der Waals surface area contributed by atoms with E-state index in [1.54, 1.807) is 11.9 Å². The Balaban J connectivity index is 2.18. The fourth-order valence-electron chi connectivity index (χ4n) is 2.48. The zero-order chi connectivity index (χ0) is 17.0. The average Bonchev–Trinajstić information content (AvgIpc) is 2.84. The maximum Gasteiger partial charge on any atom is 0.253 e. The summed E-state index contributed by atoms with van der Waals surface area (Å²) in [5.74, 6) is -0.0667. The number of rotatable bonds is 5. The molecule has 0 aliphatic heterocycles. The quantitative estimate of drug-likeness (QED) is 0.853. The highest BCUT2D eigenvalue weighted by Gasteiger charge is 2.17. The molecule has 1 atom stereocenters. The van der Waals surface area contributed by atoms with Crippen molar-refractivity contribution in [2.45, 2.75) is 39.8 Å². The van der Waals surface area contributed by atoms with Gasteiger partial charge in [-0.15, -0.1) is 0 Å². The Hall–Kier alpha value is -2.61. The first-order chi connectivity index (χ1) is 10.9. The lowest BCUT2D eigenvalue weighted by Gasteiger charge is -2.23. The van der Waals surface area contributed by atoms with Crippen LogP contribution in [0.2, 0.25) is 0 Å². The Morgan fingerprint density at radius 3 is 2.74 bits per heavy atom. The van der Waals surface area contributed by atoms with E-state index in [1.807, 2.05) is 55.8 Å². The minimum atomic E-state index is -0.104. The molecule has 1 amide bonds. The third-order valence-corrected chi connectivity index (χ3v) is 3.98. The van der Waals surface area contributed by atoms with Gasteiger partial charge in [0.2, 0.25) is 0 Å². The molecule has 5 heteroatoms. The van der Waals surface area contributed by atoms with Crippen molar-refractivity contribution in [3.63, 3.8) is 0 Å². The molecule has 0 aliphatic carbocycles. The van der Waals surface area contributed by atoms with E-state index in [0.29, 0.717) is 18.5 Å². The van der Waals surface area contributed by atoms with E-state index in [2.05, 4.69) is 11.2 Å². The number of nitrogens with zero attached hydrogens (tertiary/aromatic N) is 4. The van der Waals surface area contributed by atoms with Crippen molar-refractivity contribution in [2.24, 2.45) is 0 Å². The molecule has 0 aliphatic rings. The van der Waals surface area contributed by atoms with Crippen LogP contribution < -0.4 is 0 Å². The van der Waals surface area contributed by atoms with Gasteiger partial charge >= 0.3 is 0 Å². The fourth-order valence-corrected chi connectivity index (χ4v) is 2.48. The lowest BCUT2D eigenvalue weighted by Crippen LogP contribution is -2.34. The first-order valence-electron chi connectivity index (χ1n) is 7.66. The lowest BCUT2D eigenvalue weighted by molar-refractivity contribution is 0.0746. The second kappa shape index (κ2) is 7.10. The van der Waals surface area contributed by atoms with Crippen LogP contribution in [0.1, 0.15) is 40.7 Å². The van der Waals surface area contributed by atoms with Gasteiger partial charge in [-0.1, -0.05) is 12.1 Å². The van der Waals surface area contributed by atoms with Crippen LogP contribution in [-0.4, -0.2) is 33.7 Å². The third kappa shape index (κ3) is 3.98. The first-order valence-corrected chi connectivity index (χ1v) is 7.66. The number of aromatic nitrogens is 2. The maximum absolute atomic E-state index is 12.5. The van der Waals surface area contributed by atoms with Crippen LogP contribution in [0.4, 0.5) is 0 Å². The number of carbonyl (C=O) groups is 1. The predicted octanol–water partition coefficient (Wildman–Crippen LogP) is 2.92. The molecule has 120 valence electrons. The summed E-state index contributed by atoms with van der Waals surface area (Å²) in [7, 11) is 1.73. The Labute approximate surface area is 137 Å². The van der Waals surface area contributed by atoms with Crippen molar-refractivity contribution in [3.05, 3.63) is 52.8 Å². The molecule has 0 fully saturated rings. The number of nitriles is 1. The number of aryl methyl sites for hydroxylation is 2.